The summed E-state index contributed by atoms with van der Waals surface area (Å²) in [4.78, 5) is 25.1. The molecular weight excluding hydrogens is 616 g/mol. The van der Waals surface area contributed by atoms with Gasteiger partial charge in [0.1, 0.15) is 31.0 Å². The van der Waals surface area contributed by atoms with Crippen LogP contribution in [0.2, 0.25) is 0 Å². The summed E-state index contributed by atoms with van der Waals surface area (Å²) in [5, 5.41) is 39.8. The van der Waals surface area contributed by atoms with E-state index < -0.39 is 55.4 Å². The summed E-state index contributed by atoms with van der Waals surface area (Å²) in [5.41, 5.74) is 0. The van der Waals surface area contributed by atoms with Crippen LogP contribution in [0.4, 0.5) is 0 Å². The standard InChI is InChI=1S/C38H64O10/c1-3-5-7-9-11-13-15-16-17-19-21-23-25-27-34(41)47-31(30-46-38-37(44)36(43)35(42)32(28-39)48-38)29-45-33(40)26-24-22-20-18-14-12-10-8-6-4-2/h5,7-8,10-11,13,16-17,31-32,35-39,42-44H,3-4,6,9,12,14-15,18-30H2,1-2H3/b7-5-,10-8-,13-11-,17-16-. The van der Waals surface area contributed by atoms with Gasteiger partial charge in [0.2, 0.25) is 0 Å². The molecule has 1 heterocycles. The number of allylic oxidation sites excluding steroid dienone is 8. The fraction of sp³-hybridized carbons (Fsp3) is 0.737. The van der Waals surface area contributed by atoms with Gasteiger partial charge < -0.3 is 39.4 Å². The van der Waals surface area contributed by atoms with Crippen molar-refractivity contribution in [2.24, 2.45) is 0 Å². The van der Waals surface area contributed by atoms with Gasteiger partial charge >= 0.3 is 11.9 Å². The number of unbranched alkanes of at least 4 members (excludes halogenated alkanes) is 9. The monoisotopic (exact) mass is 680 g/mol. The van der Waals surface area contributed by atoms with E-state index in [1.54, 1.807) is 0 Å². The zero-order valence-corrected chi connectivity index (χ0v) is 29.5. The van der Waals surface area contributed by atoms with E-state index in [0.29, 0.717) is 12.8 Å². The van der Waals surface area contributed by atoms with Gasteiger partial charge in [-0.05, 0) is 64.2 Å². The minimum absolute atomic E-state index is 0.191. The van der Waals surface area contributed by atoms with Crippen molar-refractivity contribution in [3.8, 4) is 0 Å². The minimum atomic E-state index is -1.60. The van der Waals surface area contributed by atoms with E-state index in [1.165, 1.54) is 0 Å². The quantitative estimate of drug-likeness (QED) is 0.0430. The number of hydrogen-bond acceptors (Lipinski definition) is 10. The van der Waals surface area contributed by atoms with Crippen LogP contribution in [-0.2, 0) is 28.5 Å². The Morgan fingerprint density at radius 1 is 0.667 bits per heavy atom. The third kappa shape index (κ3) is 21.6. The van der Waals surface area contributed by atoms with Crippen molar-refractivity contribution >= 4 is 11.9 Å². The average Bonchev–Trinajstić information content (AvgIpc) is 3.08. The second-order valence-corrected chi connectivity index (χ2v) is 12.3. The molecule has 1 aliphatic heterocycles. The highest BCUT2D eigenvalue weighted by molar-refractivity contribution is 5.70. The highest BCUT2D eigenvalue weighted by atomic mass is 16.7. The third-order valence-corrected chi connectivity index (χ3v) is 7.93. The Morgan fingerprint density at radius 3 is 1.90 bits per heavy atom. The van der Waals surface area contributed by atoms with E-state index in [1.807, 2.05) is 0 Å². The predicted octanol–water partition coefficient (Wildman–Crippen LogP) is 6.15. The van der Waals surface area contributed by atoms with Crippen molar-refractivity contribution in [2.75, 3.05) is 19.8 Å². The Morgan fingerprint density at radius 2 is 1.23 bits per heavy atom. The maximum Gasteiger partial charge on any atom is 0.306 e. The molecule has 4 N–H and O–H groups in total. The largest absolute Gasteiger partial charge is 0.462 e. The highest BCUT2D eigenvalue weighted by Gasteiger charge is 2.44. The first kappa shape index (κ1) is 43.7. The molecule has 10 heteroatoms. The van der Waals surface area contributed by atoms with Gasteiger partial charge in [-0.15, -0.1) is 0 Å². The molecule has 0 bridgehead atoms. The molecule has 1 rings (SSSR count). The Balaban J connectivity index is 2.46. The Kier molecular flexibility index (Phi) is 26.9. The summed E-state index contributed by atoms with van der Waals surface area (Å²) in [7, 11) is 0. The number of rotatable bonds is 28. The van der Waals surface area contributed by atoms with Gasteiger partial charge in [0.25, 0.3) is 0 Å². The SMILES string of the molecule is CC/C=C\C/C=C\C/C=C\CCCCCC(=O)OC(COC(=O)CCCCCCC/C=C\CCC)COC1OC(CO)C(O)C(O)C1O. The molecule has 0 aliphatic carbocycles. The van der Waals surface area contributed by atoms with Crippen molar-refractivity contribution in [1.29, 1.82) is 0 Å². The Hall–Kier alpha value is -2.34. The molecule has 0 aromatic heterocycles. The molecule has 1 aliphatic rings. The lowest BCUT2D eigenvalue weighted by molar-refractivity contribution is -0.305. The molecule has 0 aromatic rings. The van der Waals surface area contributed by atoms with E-state index in [2.05, 4.69) is 62.5 Å². The molecule has 0 radical (unpaired) electrons. The normalized spacial score (nSPS) is 22.3. The molecule has 276 valence electrons. The van der Waals surface area contributed by atoms with Gasteiger partial charge in [-0.25, -0.2) is 0 Å². The Bertz CT molecular complexity index is 928. The summed E-state index contributed by atoms with van der Waals surface area (Å²) in [5.74, 6) is -0.862. The minimum Gasteiger partial charge on any atom is -0.462 e. The van der Waals surface area contributed by atoms with Gasteiger partial charge in [0.05, 0.1) is 13.2 Å². The molecule has 1 fully saturated rings. The van der Waals surface area contributed by atoms with Gasteiger partial charge in [-0.3, -0.25) is 9.59 Å². The van der Waals surface area contributed by atoms with Crippen LogP contribution in [-0.4, -0.2) is 89.0 Å². The van der Waals surface area contributed by atoms with Crippen LogP contribution in [0.25, 0.3) is 0 Å². The lowest BCUT2D eigenvalue weighted by Gasteiger charge is -2.39. The van der Waals surface area contributed by atoms with Crippen LogP contribution in [0, 0.1) is 0 Å². The molecule has 1 saturated heterocycles. The van der Waals surface area contributed by atoms with Gasteiger partial charge in [0, 0.05) is 12.8 Å². The van der Waals surface area contributed by atoms with Crippen LogP contribution in [0.5, 0.6) is 0 Å². The lowest BCUT2D eigenvalue weighted by atomic mass is 9.99. The lowest BCUT2D eigenvalue weighted by Crippen LogP contribution is -2.59. The predicted molar refractivity (Wildman–Crippen MR) is 187 cm³/mol. The van der Waals surface area contributed by atoms with Crippen molar-refractivity contribution in [1.82, 2.24) is 0 Å². The van der Waals surface area contributed by atoms with E-state index >= 15 is 0 Å². The van der Waals surface area contributed by atoms with Gasteiger partial charge in [0.15, 0.2) is 12.4 Å². The highest BCUT2D eigenvalue weighted by Crippen LogP contribution is 2.22. The fourth-order valence-corrected chi connectivity index (χ4v) is 5.03. The molecule has 0 aromatic carbocycles. The first-order valence-corrected chi connectivity index (χ1v) is 18.2. The van der Waals surface area contributed by atoms with Gasteiger partial charge in [-0.2, -0.15) is 0 Å². The number of esters is 2. The van der Waals surface area contributed by atoms with Crippen molar-refractivity contribution < 1.29 is 49.0 Å². The van der Waals surface area contributed by atoms with E-state index in [4.69, 9.17) is 18.9 Å². The second-order valence-electron chi connectivity index (χ2n) is 12.3. The molecule has 0 amide bonds. The zero-order chi connectivity index (χ0) is 35.2. The number of aliphatic hydroxyl groups excluding tert-OH is 4. The van der Waals surface area contributed by atoms with E-state index in [0.717, 1.165) is 83.5 Å². The maximum absolute atomic E-state index is 12.6. The number of carbonyl (C=O) groups is 2. The summed E-state index contributed by atoms with van der Waals surface area (Å²) in [6, 6.07) is 0. The van der Waals surface area contributed by atoms with Crippen molar-refractivity contribution in [3.05, 3.63) is 48.6 Å². The summed E-state index contributed by atoms with van der Waals surface area (Å²) >= 11 is 0. The molecule has 48 heavy (non-hydrogen) atoms. The van der Waals surface area contributed by atoms with E-state index in [-0.39, 0.29) is 26.1 Å². The first-order chi connectivity index (χ1) is 23.3. The average molecular weight is 681 g/mol. The first-order valence-electron chi connectivity index (χ1n) is 18.2. The fourth-order valence-electron chi connectivity index (χ4n) is 5.03. The smallest absolute Gasteiger partial charge is 0.306 e. The van der Waals surface area contributed by atoms with Crippen molar-refractivity contribution in [3.63, 3.8) is 0 Å². The zero-order valence-electron chi connectivity index (χ0n) is 29.5. The summed E-state index contributed by atoms with van der Waals surface area (Å²) in [6.07, 6.45) is 24.2. The molecule has 0 spiro atoms. The third-order valence-electron chi connectivity index (χ3n) is 7.93. The number of ether oxygens (including phenoxy) is 4. The Labute approximate surface area is 288 Å². The topological polar surface area (TPSA) is 152 Å². The molecule has 10 nitrogen and oxygen atoms in total. The number of carbonyl (C=O) groups excluding carboxylic acids is 2. The molecule has 6 atom stereocenters. The summed E-state index contributed by atoms with van der Waals surface area (Å²) < 4.78 is 21.9. The maximum atomic E-state index is 12.6. The molecular formula is C38H64O10. The van der Waals surface area contributed by atoms with Gasteiger partial charge in [-0.1, -0.05) is 94.6 Å². The van der Waals surface area contributed by atoms with E-state index in [9.17, 15) is 30.0 Å². The molecule has 0 saturated carbocycles. The molecule has 6 unspecified atom stereocenters. The van der Waals surface area contributed by atoms with Crippen molar-refractivity contribution in [2.45, 2.75) is 160 Å². The second kappa shape index (κ2) is 29.6. The number of aliphatic hydroxyl groups is 4. The number of hydrogen-bond donors (Lipinski definition) is 4. The van der Waals surface area contributed by atoms with Crippen LogP contribution in [0.1, 0.15) is 123 Å². The van der Waals surface area contributed by atoms with Crippen LogP contribution >= 0.6 is 0 Å². The van der Waals surface area contributed by atoms with Crippen LogP contribution in [0.3, 0.4) is 0 Å². The summed E-state index contributed by atoms with van der Waals surface area (Å²) in [6.45, 7) is 3.16. The van der Waals surface area contributed by atoms with Crippen LogP contribution in [0.15, 0.2) is 48.6 Å². The van der Waals surface area contributed by atoms with Crippen LogP contribution < -0.4 is 0 Å².